The smallest absolute Gasteiger partial charge is 0.307 e. The molecule has 0 bridgehead atoms. The first-order valence-electron chi connectivity index (χ1n) is 8.11. The number of nitrogens with one attached hydrogen (secondary N) is 1. The van der Waals surface area contributed by atoms with Crippen molar-refractivity contribution in [2.24, 2.45) is 0 Å². The number of anilines is 1. The molecule has 130 valence electrons. The second-order valence-electron chi connectivity index (χ2n) is 5.73. The molecule has 0 spiro atoms. The van der Waals surface area contributed by atoms with Crippen LogP contribution in [-0.2, 0) is 14.3 Å². The summed E-state index contributed by atoms with van der Waals surface area (Å²) in [4.78, 5) is 35.9. The van der Waals surface area contributed by atoms with Crippen LogP contribution in [0.3, 0.4) is 0 Å². The van der Waals surface area contributed by atoms with Gasteiger partial charge in [-0.1, -0.05) is 48.5 Å². The van der Waals surface area contributed by atoms with Gasteiger partial charge in [-0.2, -0.15) is 0 Å². The lowest BCUT2D eigenvalue weighted by Gasteiger charge is -2.12. The van der Waals surface area contributed by atoms with E-state index in [0.717, 1.165) is 5.56 Å². The van der Waals surface area contributed by atoms with Gasteiger partial charge in [0.1, 0.15) is 0 Å². The average molecular weight is 339 g/mol. The van der Waals surface area contributed by atoms with Crippen LogP contribution in [0.1, 0.15) is 35.7 Å². The van der Waals surface area contributed by atoms with Crippen LogP contribution in [0.2, 0.25) is 0 Å². The number of hydrogen-bond donors (Lipinski definition) is 1. The van der Waals surface area contributed by atoms with E-state index in [4.69, 9.17) is 4.74 Å². The lowest BCUT2D eigenvalue weighted by Crippen LogP contribution is -2.25. The molecule has 0 aliphatic rings. The van der Waals surface area contributed by atoms with E-state index < -0.39 is 12.1 Å². The van der Waals surface area contributed by atoms with Gasteiger partial charge in [-0.25, -0.2) is 0 Å². The van der Waals surface area contributed by atoms with E-state index >= 15 is 0 Å². The van der Waals surface area contributed by atoms with Gasteiger partial charge < -0.3 is 10.1 Å². The van der Waals surface area contributed by atoms with Crippen molar-refractivity contribution in [3.8, 4) is 0 Å². The molecule has 0 saturated heterocycles. The number of ether oxygens (including phenoxy) is 1. The fraction of sp³-hybridized carbons (Fsp3) is 0.250. The van der Waals surface area contributed by atoms with E-state index in [1.165, 1.54) is 6.92 Å². The van der Waals surface area contributed by atoms with Gasteiger partial charge in [-0.3, -0.25) is 14.4 Å². The van der Waals surface area contributed by atoms with Gasteiger partial charge >= 0.3 is 5.97 Å². The van der Waals surface area contributed by atoms with Crippen molar-refractivity contribution < 1.29 is 19.1 Å². The number of rotatable bonds is 7. The SMILES string of the molecule is Cc1ccccc1NC(=O)CCC(=O)OC(C)C(=O)c1ccccc1. The maximum atomic E-state index is 12.1. The third-order valence-corrected chi connectivity index (χ3v) is 3.71. The van der Waals surface area contributed by atoms with Crippen molar-refractivity contribution in [3.63, 3.8) is 0 Å². The highest BCUT2D eigenvalue weighted by Gasteiger charge is 2.19. The first-order valence-corrected chi connectivity index (χ1v) is 8.11. The van der Waals surface area contributed by atoms with E-state index in [1.54, 1.807) is 36.4 Å². The molecule has 1 atom stereocenters. The summed E-state index contributed by atoms with van der Waals surface area (Å²) in [5.74, 6) is -1.11. The predicted molar refractivity (Wildman–Crippen MR) is 95.4 cm³/mol. The molecule has 2 rings (SSSR count). The molecule has 5 heteroatoms. The Morgan fingerprint density at radius 3 is 2.28 bits per heavy atom. The van der Waals surface area contributed by atoms with Crippen molar-refractivity contribution in [2.75, 3.05) is 5.32 Å². The molecular formula is C20H21NO4. The molecule has 1 N–H and O–H groups in total. The van der Waals surface area contributed by atoms with E-state index in [1.807, 2.05) is 25.1 Å². The molecule has 2 aromatic rings. The third kappa shape index (κ3) is 5.57. The summed E-state index contributed by atoms with van der Waals surface area (Å²) in [7, 11) is 0. The number of carbonyl (C=O) groups is 3. The van der Waals surface area contributed by atoms with Gasteiger partial charge in [-0.05, 0) is 25.5 Å². The predicted octanol–water partition coefficient (Wildman–Crippen LogP) is 3.53. The molecule has 0 heterocycles. The highest BCUT2D eigenvalue weighted by molar-refractivity contribution is 6.00. The number of amides is 1. The van der Waals surface area contributed by atoms with Crippen LogP contribution in [0, 0.1) is 6.92 Å². The Morgan fingerprint density at radius 2 is 1.60 bits per heavy atom. The zero-order valence-corrected chi connectivity index (χ0v) is 14.3. The number of hydrogen-bond acceptors (Lipinski definition) is 4. The number of Topliss-reactive ketones (excluding diaryl/α,β-unsaturated/α-hetero) is 1. The van der Waals surface area contributed by atoms with Crippen LogP contribution in [-0.4, -0.2) is 23.8 Å². The lowest BCUT2D eigenvalue weighted by atomic mass is 10.1. The van der Waals surface area contributed by atoms with E-state index in [9.17, 15) is 14.4 Å². The topological polar surface area (TPSA) is 72.5 Å². The van der Waals surface area contributed by atoms with Gasteiger partial charge in [0.15, 0.2) is 6.10 Å². The van der Waals surface area contributed by atoms with Gasteiger partial charge in [0.2, 0.25) is 11.7 Å². The normalized spacial score (nSPS) is 11.4. The molecule has 1 amide bonds. The Balaban J connectivity index is 1.79. The standard InChI is InChI=1S/C20H21NO4/c1-14-8-6-7-11-17(14)21-18(22)12-13-19(23)25-15(2)20(24)16-9-4-3-5-10-16/h3-11,15H,12-13H2,1-2H3,(H,21,22). The largest absolute Gasteiger partial charge is 0.454 e. The van der Waals surface area contributed by atoms with Crippen LogP contribution in [0.5, 0.6) is 0 Å². The minimum Gasteiger partial charge on any atom is -0.454 e. The van der Waals surface area contributed by atoms with Gasteiger partial charge in [0, 0.05) is 17.7 Å². The summed E-state index contributed by atoms with van der Waals surface area (Å²) in [6.07, 6.45) is -0.960. The Morgan fingerprint density at radius 1 is 0.960 bits per heavy atom. The van der Waals surface area contributed by atoms with Crippen molar-refractivity contribution in [3.05, 3.63) is 65.7 Å². The third-order valence-electron chi connectivity index (χ3n) is 3.71. The van der Waals surface area contributed by atoms with Crippen LogP contribution < -0.4 is 5.32 Å². The molecule has 5 nitrogen and oxygen atoms in total. The van der Waals surface area contributed by atoms with Gasteiger partial charge in [0.05, 0.1) is 6.42 Å². The first kappa shape index (κ1) is 18.4. The van der Waals surface area contributed by atoms with Crippen molar-refractivity contribution in [2.45, 2.75) is 32.8 Å². The number of aryl methyl sites for hydroxylation is 1. The minimum absolute atomic E-state index is 0.000580. The lowest BCUT2D eigenvalue weighted by molar-refractivity contribution is -0.147. The second kappa shape index (κ2) is 8.78. The Bertz CT molecular complexity index is 755. The first-order chi connectivity index (χ1) is 12.0. The Labute approximate surface area is 147 Å². The molecule has 0 fully saturated rings. The molecule has 0 saturated carbocycles. The Kier molecular flexibility index (Phi) is 6.46. The van der Waals surface area contributed by atoms with Crippen molar-refractivity contribution in [1.82, 2.24) is 0 Å². The zero-order valence-electron chi connectivity index (χ0n) is 14.3. The molecule has 25 heavy (non-hydrogen) atoms. The number of benzene rings is 2. The number of ketones is 1. The summed E-state index contributed by atoms with van der Waals surface area (Å²) in [5, 5.41) is 2.75. The Hall–Kier alpha value is -2.95. The average Bonchev–Trinajstić information content (AvgIpc) is 2.62. The maximum Gasteiger partial charge on any atom is 0.307 e. The summed E-state index contributed by atoms with van der Waals surface area (Å²) in [5.41, 5.74) is 2.15. The van der Waals surface area contributed by atoms with Crippen molar-refractivity contribution in [1.29, 1.82) is 0 Å². The molecule has 0 radical (unpaired) electrons. The van der Waals surface area contributed by atoms with Crippen LogP contribution >= 0.6 is 0 Å². The number of para-hydroxylation sites is 1. The monoisotopic (exact) mass is 339 g/mol. The van der Waals surface area contributed by atoms with E-state index in [2.05, 4.69) is 5.32 Å². The molecule has 2 aromatic carbocycles. The summed E-state index contributed by atoms with van der Waals surface area (Å²) < 4.78 is 5.12. The van der Waals surface area contributed by atoms with Gasteiger partial charge in [0.25, 0.3) is 0 Å². The molecule has 0 aromatic heterocycles. The molecule has 1 unspecified atom stereocenters. The number of esters is 1. The van der Waals surface area contributed by atoms with Crippen molar-refractivity contribution >= 4 is 23.3 Å². The molecule has 0 aliphatic heterocycles. The molecule has 0 aliphatic carbocycles. The summed E-state index contributed by atoms with van der Waals surface area (Å²) >= 11 is 0. The highest BCUT2D eigenvalue weighted by Crippen LogP contribution is 2.14. The summed E-state index contributed by atoms with van der Waals surface area (Å²) in [6, 6.07) is 16.0. The highest BCUT2D eigenvalue weighted by atomic mass is 16.5. The van der Waals surface area contributed by atoms with E-state index in [-0.39, 0.29) is 24.5 Å². The quantitative estimate of drug-likeness (QED) is 0.619. The number of carbonyl (C=O) groups excluding carboxylic acids is 3. The van der Waals surface area contributed by atoms with Crippen LogP contribution in [0.4, 0.5) is 5.69 Å². The fourth-order valence-corrected chi connectivity index (χ4v) is 2.29. The maximum absolute atomic E-state index is 12.1. The minimum atomic E-state index is -0.880. The van der Waals surface area contributed by atoms with Crippen LogP contribution in [0.15, 0.2) is 54.6 Å². The molecular weight excluding hydrogens is 318 g/mol. The zero-order chi connectivity index (χ0) is 18.2. The van der Waals surface area contributed by atoms with Gasteiger partial charge in [-0.15, -0.1) is 0 Å². The van der Waals surface area contributed by atoms with Crippen LogP contribution in [0.25, 0.3) is 0 Å². The fourth-order valence-electron chi connectivity index (χ4n) is 2.29. The summed E-state index contributed by atoms with van der Waals surface area (Å²) in [6.45, 7) is 3.42. The second-order valence-corrected chi connectivity index (χ2v) is 5.73. The van der Waals surface area contributed by atoms with E-state index in [0.29, 0.717) is 11.3 Å².